The van der Waals surface area contributed by atoms with Gasteiger partial charge in [-0.15, -0.1) is 0 Å². The minimum absolute atomic E-state index is 0.420. The van der Waals surface area contributed by atoms with Crippen LogP contribution in [0.2, 0.25) is 10.0 Å². The number of hydrogen-bond acceptors (Lipinski definition) is 8. The van der Waals surface area contributed by atoms with Crippen LogP contribution in [0, 0.1) is 6.92 Å². The fourth-order valence-electron chi connectivity index (χ4n) is 6.55. The molecule has 0 radical (unpaired) electrons. The number of nitrogens with zero attached hydrogens (tertiary/aromatic N) is 1. The minimum Gasteiger partial charge on any atom is -0.487 e. The van der Waals surface area contributed by atoms with Gasteiger partial charge in [0.1, 0.15) is 12.4 Å². The molecule has 49 heavy (non-hydrogen) atoms. The summed E-state index contributed by atoms with van der Waals surface area (Å²) in [6, 6.07) is 25.9. The molecule has 3 N–H and O–H groups in total. The van der Waals surface area contributed by atoms with E-state index in [-0.39, 0.29) is 0 Å². The molecule has 0 unspecified atom stereocenters. The van der Waals surface area contributed by atoms with Gasteiger partial charge in [-0.25, -0.2) is 0 Å². The van der Waals surface area contributed by atoms with Crippen molar-refractivity contribution in [3.05, 3.63) is 105 Å². The van der Waals surface area contributed by atoms with E-state index in [4.69, 9.17) is 41.8 Å². The van der Waals surface area contributed by atoms with Gasteiger partial charge in [-0.2, -0.15) is 4.37 Å². The molecule has 0 saturated carbocycles. The molecular weight excluding hydrogens is 675 g/mol. The van der Waals surface area contributed by atoms with Crippen molar-refractivity contribution >= 4 is 56.3 Å². The van der Waals surface area contributed by atoms with E-state index in [1.165, 1.54) is 17.1 Å². The lowest BCUT2D eigenvalue weighted by Gasteiger charge is -2.23. The third kappa shape index (κ3) is 8.40. The fourth-order valence-corrected chi connectivity index (χ4v) is 7.92. The van der Waals surface area contributed by atoms with Gasteiger partial charge >= 0.3 is 0 Å². The first-order chi connectivity index (χ1) is 24.0. The number of aromatic nitrogens is 1. The molecule has 0 amide bonds. The first-order valence-corrected chi connectivity index (χ1v) is 18.6. The van der Waals surface area contributed by atoms with Gasteiger partial charge in [0.15, 0.2) is 5.82 Å². The Bertz CT molecular complexity index is 1890. The Hall–Kier alpha value is -3.21. The highest BCUT2D eigenvalue weighted by Gasteiger charge is 2.17. The molecule has 2 aliphatic rings. The van der Waals surface area contributed by atoms with Crippen molar-refractivity contribution in [3.8, 4) is 16.9 Å². The van der Waals surface area contributed by atoms with Crippen molar-refractivity contribution < 1.29 is 14.2 Å². The molecule has 3 heterocycles. The lowest BCUT2D eigenvalue weighted by Crippen LogP contribution is -2.34. The fraction of sp³-hybridized carbons (Fsp3) is 0.359. The van der Waals surface area contributed by atoms with Crippen molar-refractivity contribution in [1.29, 1.82) is 0 Å². The van der Waals surface area contributed by atoms with Crippen LogP contribution in [0.4, 0.5) is 11.5 Å². The Kier molecular flexibility index (Phi) is 11.3. The minimum atomic E-state index is 0.420. The predicted octanol–water partition coefficient (Wildman–Crippen LogP) is 9.44. The van der Waals surface area contributed by atoms with Crippen LogP contribution in [0.15, 0.2) is 72.8 Å². The van der Waals surface area contributed by atoms with E-state index in [1.807, 2.05) is 24.3 Å². The zero-order chi connectivity index (χ0) is 33.6. The summed E-state index contributed by atoms with van der Waals surface area (Å²) in [7, 11) is 0. The topological polar surface area (TPSA) is 76.7 Å². The summed E-state index contributed by atoms with van der Waals surface area (Å²) in [6.07, 6.45) is 4.18. The Morgan fingerprint density at radius 2 is 1.41 bits per heavy atom. The summed E-state index contributed by atoms with van der Waals surface area (Å²) in [5, 5.41) is 13.1. The van der Waals surface area contributed by atoms with Crippen LogP contribution in [0.25, 0.3) is 21.2 Å². The van der Waals surface area contributed by atoms with Crippen LogP contribution in [0.1, 0.15) is 47.9 Å². The zero-order valence-corrected chi connectivity index (χ0v) is 30.0. The van der Waals surface area contributed by atoms with Crippen LogP contribution in [0.3, 0.4) is 0 Å². The molecule has 0 atom stereocenters. The first-order valence-electron chi connectivity index (χ1n) is 17.1. The Balaban J connectivity index is 1.02. The van der Waals surface area contributed by atoms with Crippen molar-refractivity contribution in [2.24, 2.45) is 0 Å². The Labute approximate surface area is 302 Å². The largest absolute Gasteiger partial charge is 0.487 e. The van der Waals surface area contributed by atoms with Crippen molar-refractivity contribution in [2.75, 3.05) is 31.7 Å². The number of hydrogen-bond donors (Lipinski definition) is 3. The van der Waals surface area contributed by atoms with Crippen LogP contribution in [-0.4, -0.2) is 42.9 Å². The quantitative estimate of drug-likeness (QED) is 0.119. The van der Waals surface area contributed by atoms with Gasteiger partial charge < -0.3 is 30.2 Å². The van der Waals surface area contributed by atoms with Crippen molar-refractivity contribution in [1.82, 2.24) is 15.0 Å². The van der Waals surface area contributed by atoms with Crippen LogP contribution in [-0.2, 0) is 29.2 Å². The maximum atomic E-state index is 6.76. The molecule has 5 aromatic rings. The molecule has 7 rings (SSSR count). The molecule has 0 bridgehead atoms. The second-order valence-corrected chi connectivity index (χ2v) is 14.4. The number of fused-ring (bicyclic) bond motifs is 1. The van der Waals surface area contributed by atoms with Gasteiger partial charge in [-0.1, -0.05) is 65.7 Å². The highest BCUT2D eigenvalue weighted by Crippen LogP contribution is 2.39. The maximum Gasteiger partial charge on any atom is 0.152 e. The molecule has 4 aromatic carbocycles. The van der Waals surface area contributed by atoms with E-state index in [0.29, 0.717) is 34.5 Å². The molecule has 256 valence electrons. The van der Waals surface area contributed by atoms with Crippen molar-refractivity contribution in [2.45, 2.75) is 64.4 Å². The highest BCUT2D eigenvalue weighted by atomic mass is 35.5. The number of benzene rings is 4. The van der Waals surface area contributed by atoms with E-state index in [2.05, 4.69) is 71.4 Å². The van der Waals surface area contributed by atoms with E-state index in [1.54, 1.807) is 0 Å². The van der Waals surface area contributed by atoms with Crippen LogP contribution in [0.5, 0.6) is 5.75 Å². The molecular formula is C39H42Cl2N4O3S. The summed E-state index contributed by atoms with van der Waals surface area (Å²) < 4.78 is 23.1. The molecule has 10 heteroatoms. The average Bonchev–Trinajstić information content (AvgIpc) is 3.55. The molecule has 2 aliphatic heterocycles. The van der Waals surface area contributed by atoms with E-state index >= 15 is 0 Å². The smallest absolute Gasteiger partial charge is 0.152 e. The Morgan fingerprint density at radius 1 is 0.776 bits per heavy atom. The van der Waals surface area contributed by atoms with Gasteiger partial charge in [-0.05, 0) is 102 Å². The number of halogens is 2. The van der Waals surface area contributed by atoms with Crippen LogP contribution < -0.4 is 20.7 Å². The molecule has 2 fully saturated rings. The summed E-state index contributed by atoms with van der Waals surface area (Å²) in [5.74, 6) is 1.49. The third-order valence-electron chi connectivity index (χ3n) is 9.53. The van der Waals surface area contributed by atoms with Gasteiger partial charge in [0.2, 0.25) is 0 Å². The molecule has 7 nitrogen and oxygen atoms in total. The Morgan fingerprint density at radius 3 is 2.08 bits per heavy atom. The second kappa shape index (κ2) is 16.2. The number of nitrogens with one attached hydrogen (secondary N) is 3. The van der Waals surface area contributed by atoms with Crippen LogP contribution >= 0.6 is 34.7 Å². The monoisotopic (exact) mass is 716 g/mol. The molecule has 0 spiro atoms. The van der Waals surface area contributed by atoms with Gasteiger partial charge in [0.05, 0.1) is 20.4 Å². The second-order valence-electron chi connectivity index (χ2n) is 12.8. The lowest BCUT2D eigenvalue weighted by atomic mass is 9.96. The summed E-state index contributed by atoms with van der Waals surface area (Å²) >= 11 is 14.9. The molecule has 0 aliphatic carbocycles. The van der Waals surface area contributed by atoms with E-state index < -0.39 is 0 Å². The SMILES string of the molecule is Cc1c(COc2ccc(CNC3CCOCC3)cc2Cl)cccc1-c1cccc2c(Nc3ccc(CNC4CCOCC4)cc3Cl)nsc12. The maximum absolute atomic E-state index is 6.76. The van der Waals surface area contributed by atoms with Crippen molar-refractivity contribution in [3.63, 3.8) is 0 Å². The normalized spacial score (nSPS) is 15.9. The van der Waals surface area contributed by atoms with Gasteiger partial charge in [0.25, 0.3) is 0 Å². The zero-order valence-electron chi connectivity index (χ0n) is 27.7. The summed E-state index contributed by atoms with van der Waals surface area (Å²) in [6.45, 7) is 7.43. The number of rotatable bonds is 12. The van der Waals surface area contributed by atoms with Gasteiger partial charge in [-0.3, -0.25) is 0 Å². The molecule has 2 saturated heterocycles. The third-order valence-corrected chi connectivity index (χ3v) is 11.0. The van der Waals surface area contributed by atoms with E-state index in [0.717, 1.165) is 115 Å². The standard InChI is InChI=1S/C39H42Cl2N4O3S/c1-25-28(24-48-37-11-9-27(21-35(37)41)23-43-30-14-18-47-19-15-30)4-2-5-31(25)32-6-3-7-33-38(32)49-45-39(33)44-36-10-8-26(20-34(36)40)22-42-29-12-16-46-17-13-29/h2-11,20-21,29-30,42-43H,12-19,22-24H2,1H3,(H,44,45). The summed E-state index contributed by atoms with van der Waals surface area (Å²) in [5.41, 5.74) is 7.71. The highest BCUT2D eigenvalue weighted by molar-refractivity contribution is 7.14. The van der Waals surface area contributed by atoms with E-state index in [9.17, 15) is 0 Å². The summed E-state index contributed by atoms with van der Waals surface area (Å²) in [4.78, 5) is 0. The van der Waals surface area contributed by atoms with Gasteiger partial charge in [0, 0.05) is 62.6 Å². The lowest BCUT2D eigenvalue weighted by molar-refractivity contribution is 0.0775. The number of anilines is 2. The average molecular weight is 718 g/mol. The number of ether oxygens (including phenoxy) is 3. The first kappa shape index (κ1) is 34.2. The predicted molar refractivity (Wildman–Crippen MR) is 202 cm³/mol. The molecule has 1 aromatic heterocycles.